The third kappa shape index (κ3) is 5.56. The maximum Gasteiger partial charge on any atom is 0.00503 e. The summed E-state index contributed by atoms with van der Waals surface area (Å²) in [7, 11) is 0. The van der Waals surface area contributed by atoms with Crippen LogP contribution in [0.1, 0.15) is 78.1 Å². The standard InChI is InChI=1S/C19H38N2/c1-3-9-18-10-14-21(15-18)17-19(16-20-13-4-2)11-7-5-6-8-12-19/h18,20H,3-17H2,1-2H3. The molecule has 1 N–H and O–H groups in total. The van der Waals surface area contributed by atoms with E-state index in [1.165, 1.54) is 96.9 Å². The molecule has 0 aromatic heterocycles. The molecule has 2 fully saturated rings. The van der Waals surface area contributed by atoms with Gasteiger partial charge in [-0.05, 0) is 56.5 Å². The molecule has 1 aliphatic carbocycles. The maximum absolute atomic E-state index is 3.76. The molecule has 1 saturated heterocycles. The molecular formula is C19H38N2. The molecule has 21 heavy (non-hydrogen) atoms. The zero-order chi connectivity index (χ0) is 15.0. The average Bonchev–Trinajstić information content (AvgIpc) is 2.77. The molecule has 0 aromatic carbocycles. The van der Waals surface area contributed by atoms with Crippen molar-refractivity contribution in [1.82, 2.24) is 10.2 Å². The number of hydrogen-bond donors (Lipinski definition) is 1. The fraction of sp³-hybridized carbons (Fsp3) is 1.00. The van der Waals surface area contributed by atoms with Crippen molar-refractivity contribution in [2.75, 3.05) is 32.7 Å². The summed E-state index contributed by atoms with van der Waals surface area (Å²) in [6.45, 7) is 11.2. The minimum absolute atomic E-state index is 0.576. The van der Waals surface area contributed by atoms with Crippen LogP contribution < -0.4 is 5.32 Å². The quantitative estimate of drug-likeness (QED) is 0.525. The molecule has 2 nitrogen and oxygen atoms in total. The molecule has 2 heteroatoms. The summed E-state index contributed by atoms with van der Waals surface area (Å²) < 4.78 is 0. The minimum atomic E-state index is 0.576. The van der Waals surface area contributed by atoms with Gasteiger partial charge in [-0.3, -0.25) is 0 Å². The Hall–Kier alpha value is -0.0800. The molecule has 0 spiro atoms. The second-order valence-corrected chi connectivity index (χ2v) is 7.77. The van der Waals surface area contributed by atoms with E-state index in [4.69, 9.17) is 0 Å². The van der Waals surface area contributed by atoms with Gasteiger partial charge in [0.25, 0.3) is 0 Å². The largest absolute Gasteiger partial charge is 0.316 e. The highest BCUT2D eigenvalue weighted by Gasteiger charge is 2.34. The average molecular weight is 295 g/mol. The topological polar surface area (TPSA) is 15.3 Å². The Bertz CT molecular complexity index is 269. The zero-order valence-electron chi connectivity index (χ0n) is 14.6. The van der Waals surface area contributed by atoms with E-state index in [0.717, 1.165) is 5.92 Å². The Morgan fingerprint density at radius 2 is 1.81 bits per heavy atom. The van der Waals surface area contributed by atoms with Gasteiger partial charge in [0.2, 0.25) is 0 Å². The normalized spacial score (nSPS) is 26.9. The fourth-order valence-corrected chi connectivity index (χ4v) is 4.57. The molecule has 0 aromatic rings. The molecule has 2 rings (SSSR count). The van der Waals surface area contributed by atoms with E-state index in [-0.39, 0.29) is 0 Å². The summed E-state index contributed by atoms with van der Waals surface area (Å²) in [4.78, 5) is 2.80. The van der Waals surface area contributed by atoms with Gasteiger partial charge < -0.3 is 10.2 Å². The van der Waals surface area contributed by atoms with Crippen molar-refractivity contribution in [3.05, 3.63) is 0 Å². The van der Waals surface area contributed by atoms with Crippen LogP contribution in [0.3, 0.4) is 0 Å². The fourth-order valence-electron chi connectivity index (χ4n) is 4.57. The lowest BCUT2D eigenvalue weighted by Gasteiger charge is -2.37. The number of hydrogen-bond acceptors (Lipinski definition) is 2. The monoisotopic (exact) mass is 294 g/mol. The van der Waals surface area contributed by atoms with Crippen molar-refractivity contribution in [3.63, 3.8) is 0 Å². The molecule has 0 radical (unpaired) electrons. The van der Waals surface area contributed by atoms with Gasteiger partial charge in [0, 0.05) is 19.6 Å². The predicted molar refractivity (Wildman–Crippen MR) is 92.8 cm³/mol. The summed E-state index contributed by atoms with van der Waals surface area (Å²) >= 11 is 0. The Kier molecular flexibility index (Phi) is 7.53. The van der Waals surface area contributed by atoms with E-state index in [9.17, 15) is 0 Å². The first-order valence-electron chi connectivity index (χ1n) is 9.71. The van der Waals surface area contributed by atoms with Crippen molar-refractivity contribution in [2.45, 2.75) is 78.1 Å². The van der Waals surface area contributed by atoms with Crippen molar-refractivity contribution in [1.29, 1.82) is 0 Å². The molecular weight excluding hydrogens is 256 g/mol. The van der Waals surface area contributed by atoms with Crippen LogP contribution in [0.25, 0.3) is 0 Å². The smallest absolute Gasteiger partial charge is 0.00503 e. The van der Waals surface area contributed by atoms with Crippen LogP contribution in [0.15, 0.2) is 0 Å². The molecule has 1 atom stereocenters. The van der Waals surface area contributed by atoms with Gasteiger partial charge in [-0.15, -0.1) is 0 Å². The lowest BCUT2D eigenvalue weighted by Crippen LogP contribution is -2.43. The van der Waals surface area contributed by atoms with Crippen LogP contribution in [0.5, 0.6) is 0 Å². The first-order chi connectivity index (χ1) is 10.3. The molecule has 1 heterocycles. The van der Waals surface area contributed by atoms with Gasteiger partial charge in [0.15, 0.2) is 0 Å². The molecule has 124 valence electrons. The Labute approximate surface area is 133 Å². The number of nitrogens with zero attached hydrogens (tertiary/aromatic N) is 1. The van der Waals surface area contributed by atoms with Crippen LogP contribution in [0.2, 0.25) is 0 Å². The van der Waals surface area contributed by atoms with Gasteiger partial charge in [0.1, 0.15) is 0 Å². The predicted octanol–water partition coefficient (Wildman–Crippen LogP) is 4.45. The SMILES string of the molecule is CCCNCC1(CN2CCC(CCC)C2)CCCCCC1. The molecule has 0 bridgehead atoms. The van der Waals surface area contributed by atoms with E-state index < -0.39 is 0 Å². The number of nitrogens with one attached hydrogen (secondary N) is 1. The highest BCUT2D eigenvalue weighted by molar-refractivity contribution is 4.89. The third-order valence-electron chi connectivity index (χ3n) is 5.72. The van der Waals surface area contributed by atoms with E-state index >= 15 is 0 Å². The van der Waals surface area contributed by atoms with Gasteiger partial charge >= 0.3 is 0 Å². The van der Waals surface area contributed by atoms with E-state index in [0.29, 0.717) is 5.41 Å². The molecule has 1 saturated carbocycles. The molecule has 0 amide bonds. The van der Waals surface area contributed by atoms with E-state index in [1.54, 1.807) is 0 Å². The lowest BCUT2D eigenvalue weighted by molar-refractivity contribution is 0.142. The second kappa shape index (κ2) is 9.15. The van der Waals surface area contributed by atoms with E-state index in [2.05, 4.69) is 24.1 Å². The number of likely N-dealkylation sites (tertiary alicyclic amines) is 1. The van der Waals surface area contributed by atoms with Crippen molar-refractivity contribution >= 4 is 0 Å². The summed E-state index contributed by atoms with van der Waals surface area (Å²) in [5, 5.41) is 3.76. The molecule has 1 unspecified atom stereocenters. The maximum atomic E-state index is 3.76. The first-order valence-corrected chi connectivity index (χ1v) is 9.71. The third-order valence-corrected chi connectivity index (χ3v) is 5.72. The summed E-state index contributed by atoms with van der Waals surface area (Å²) in [5.41, 5.74) is 0.576. The van der Waals surface area contributed by atoms with Crippen LogP contribution >= 0.6 is 0 Å². The van der Waals surface area contributed by atoms with Crippen molar-refractivity contribution in [2.24, 2.45) is 11.3 Å². The summed E-state index contributed by atoms with van der Waals surface area (Å²) in [5.74, 6) is 0.987. The van der Waals surface area contributed by atoms with Crippen molar-refractivity contribution in [3.8, 4) is 0 Å². The molecule has 2 aliphatic rings. The van der Waals surface area contributed by atoms with Crippen LogP contribution in [-0.2, 0) is 0 Å². The first kappa shape index (κ1) is 17.3. The van der Waals surface area contributed by atoms with E-state index in [1.807, 2.05) is 0 Å². The van der Waals surface area contributed by atoms with Gasteiger partial charge in [-0.1, -0.05) is 46.0 Å². The lowest BCUT2D eigenvalue weighted by atomic mass is 9.79. The highest BCUT2D eigenvalue weighted by atomic mass is 15.2. The van der Waals surface area contributed by atoms with Gasteiger partial charge in [-0.2, -0.15) is 0 Å². The summed E-state index contributed by atoms with van der Waals surface area (Å²) in [6.07, 6.45) is 14.3. The minimum Gasteiger partial charge on any atom is -0.316 e. The van der Waals surface area contributed by atoms with Gasteiger partial charge in [-0.25, -0.2) is 0 Å². The molecule has 1 aliphatic heterocycles. The van der Waals surface area contributed by atoms with Gasteiger partial charge in [0.05, 0.1) is 0 Å². The van der Waals surface area contributed by atoms with Crippen molar-refractivity contribution < 1.29 is 0 Å². The highest BCUT2D eigenvalue weighted by Crippen LogP contribution is 2.37. The Balaban J connectivity index is 1.88. The van der Waals surface area contributed by atoms with Crippen LogP contribution in [-0.4, -0.2) is 37.6 Å². The second-order valence-electron chi connectivity index (χ2n) is 7.77. The Morgan fingerprint density at radius 1 is 1.05 bits per heavy atom. The van der Waals surface area contributed by atoms with Crippen LogP contribution in [0, 0.1) is 11.3 Å². The summed E-state index contributed by atoms with van der Waals surface area (Å²) in [6, 6.07) is 0. The number of rotatable bonds is 8. The Morgan fingerprint density at radius 3 is 2.48 bits per heavy atom. The van der Waals surface area contributed by atoms with Crippen LogP contribution in [0.4, 0.5) is 0 Å². The zero-order valence-corrected chi connectivity index (χ0v) is 14.6.